The van der Waals surface area contributed by atoms with Crippen LogP contribution in [0.5, 0.6) is 0 Å². The Morgan fingerprint density at radius 2 is 1.83 bits per heavy atom. The lowest BCUT2D eigenvalue weighted by molar-refractivity contribution is 0.602. The lowest BCUT2D eigenvalue weighted by atomic mass is 10.1. The highest BCUT2D eigenvalue weighted by molar-refractivity contribution is 7.90. The average molecular weight is 344 g/mol. The van der Waals surface area contributed by atoms with Crippen LogP contribution in [0.3, 0.4) is 0 Å². The van der Waals surface area contributed by atoms with Crippen molar-refractivity contribution in [3.8, 4) is 11.3 Å². The molecule has 4 nitrogen and oxygen atoms in total. The third-order valence-corrected chi connectivity index (χ3v) is 5.43. The van der Waals surface area contributed by atoms with E-state index in [1.54, 1.807) is 35.6 Å². The van der Waals surface area contributed by atoms with E-state index < -0.39 is 9.84 Å². The molecule has 0 amide bonds. The van der Waals surface area contributed by atoms with Crippen LogP contribution in [-0.4, -0.2) is 24.6 Å². The first-order valence-electron chi connectivity index (χ1n) is 7.17. The number of sulfone groups is 1. The highest BCUT2D eigenvalue weighted by Crippen LogP contribution is 2.20. The summed E-state index contributed by atoms with van der Waals surface area (Å²) in [6.45, 7) is 0. The minimum absolute atomic E-state index is 0.321. The smallest absolute Gasteiger partial charge is 0.175 e. The molecule has 2 heterocycles. The molecule has 23 heavy (non-hydrogen) atoms. The Bertz CT molecular complexity index is 887. The molecule has 0 aliphatic rings. The highest BCUT2D eigenvalue weighted by Gasteiger charge is 2.08. The maximum absolute atomic E-state index is 11.5. The molecule has 0 atom stereocenters. The van der Waals surface area contributed by atoms with Gasteiger partial charge in [0.2, 0.25) is 0 Å². The molecule has 0 radical (unpaired) electrons. The van der Waals surface area contributed by atoms with E-state index >= 15 is 0 Å². The summed E-state index contributed by atoms with van der Waals surface area (Å²) in [6.07, 6.45) is 4.73. The molecule has 3 rings (SSSR count). The number of aromatic nitrogens is 2. The van der Waals surface area contributed by atoms with Crippen LogP contribution < -0.4 is 0 Å². The number of benzene rings is 1. The normalized spacial score (nSPS) is 11.5. The number of aryl methyl sites for hydroxylation is 2. The van der Waals surface area contributed by atoms with Crippen LogP contribution in [-0.2, 0) is 22.7 Å². The van der Waals surface area contributed by atoms with Gasteiger partial charge in [-0.25, -0.2) is 13.4 Å². The van der Waals surface area contributed by atoms with E-state index in [9.17, 15) is 8.42 Å². The molecule has 0 spiro atoms. The van der Waals surface area contributed by atoms with Gasteiger partial charge in [0.1, 0.15) is 0 Å². The minimum Gasteiger partial charge on any atom is -0.253 e. The molecule has 0 saturated carbocycles. The van der Waals surface area contributed by atoms with Gasteiger partial charge in [0.25, 0.3) is 0 Å². The lowest BCUT2D eigenvalue weighted by Gasteiger charge is -2.05. The van der Waals surface area contributed by atoms with Gasteiger partial charge in [0.15, 0.2) is 9.84 Å². The van der Waals surface area contributed by atoms with Crippen LogP contribution in [0.2, 0.25) is 0 Å². The number of hydrogen-bond donors (Lipinski definition) is 0. The molecular formula is C17H16N2O2S2. The molecule has 1 aromatic carbocycles. The van der Waals surface area contributed by atoms with Crippen LogP contribution in [0.25, 0.3) is 11.3 Å². The van der Waals surface area contributed by atoms with E-state index in [1.807, 2.05) is 29.8 Å². The van der Waals surface area contributed by atoms with Crippen LogP contribution in [0.1, 0.15) is 10.7 Å². The van der Waals surface area contributed by atoms with E-state index in [1.165, 1.54) is 6.26 Å². The summed E-state index contributed by atoms with van der Waals surface area (Å²) in [4.78, 5) is 9.26. The van der Waals surface area contributed by atoms with E-state index in [0.29, 0.717) is 4.90 Å². The third-order valence-electron chi connectivity index (χ3n) is 3.46. The molecular weight excluding hydrogens is 328 g/mol. The molecule has 0 N–H and O–H groups in total. The summed E-state index contributed by atoms with van der Waals surface area (Å²) >= 11 is 1.65. The van der Waals surface area contributed by atoms with E-state index in [4.69, 9.17) is 0 Å². The summed E-state index contributed by atoms with van der Waals surface area (Å²) in [7, 11) is -3.17. The summed E-state index contributed by atoms with van der Waals surface area (Å²) in [6, 6.07) is 12.7. The van der Waals surface area contributed by atoms with Crippen LogP contribution >= 0.6 is 11.3 Å². The molecule has 0 bridgehead atoms. The van der Waals surface area contributed by atoms with E-state index in [0.717, 1.165) is 34.8 Å². The van der Waals surface area contributed by atoms with Crippen molar-refractivity contribution in [2.24, 2.45) is 0 Å². The van der Waals surface area contributed by atoms with Gasteiger partial charge in [0.05, 0.1) is 15.6 Å². The molecule has 0 fully saturated rings. The highest BCUT2D eigenvalue weighted by atomic mass is 32.2. The molecule has 118 valence electrons. The standard InChI is InChI=1S/C17H16N2O2S2/c1-23(20,21)15-8-5-13(6-9-15)16-4-2-3-14(19-16)7-10-17-18-11-12-22-17/h2-6,8-9,11-12H,7,10H2,1H3. The van der Waals surface area contributed by atoms with Gasteiger partial charge in [-0.2, -0.15) is 0 Å². The van der Waals surface area contributed by atoms with Gasteiger partial charge < -0.3 is 0 Å². The van der Waals surface area contributed by atoms with Crippen molar-refractivity contribution in [2.45, 2.75) is 17.7 Å². The van der Waals surface area contributed by atoms with Gasteiger partial charge in [-0.15, -0.1) is 11.3 Å². The lowest BCUT2D eigenvalue weighted by Crippen LogP contribution is -1.97. The first-order chi connectivity index (χ1) is 11.0. The van der Waals surface area contributed by atoms with Crippen molar-refractivity contribution in [2.75, 3.05) is 6.26 Å². The number of rotatable bonds is 5. The average Bonchev–Trinajstić information content (AvgIpc) is 3.06. The minimum atomic E-state index is -3.17. The van der Waals surface area contributed by atoms with Crippen LogP contribution in [0, 0.1) is 0 Å². The second kappa shape index (κ2) is 6.60. The van der Waals surface area contributed by atoms with Gasteiger partial charge in [-0.3, -0.25) is 4.98 Å². The van der Waals surface area contributed by atoms with Gasteiger partial charge >= 0.3 is 0 Å². The molecule has 3 aromatic rings. The Labute approximate surface area is 139 Å². The zero-order chi connectivity index (χ0) is 16.3. The Balaban J connectivity index is 1.79. The number of pyridine rings is 1. The predicted molar refractivity (Wildman–Crippen MR) is 92.3 cm³/mol. The second-order valence-electron chi connectivity index (χ2n) is 5.24. The second-order valence-corrected chi connectivity index (χ2v) is 8.23. The summed E-state index contributed by atoms with van der Waals surface area (Å²) in [5, 5.41) is 3.08. The van der Waals surface area contributed by atoms with Gasteiger partial charge in [0, 0.05) is 35.5 Å². The topological polar surface area (TPSA) is 59.9 Å². The Morgan fingerprint density at radius 3 is 2.48 bits per heavy atom. The Hall–Kier alpha value is -2.05. The summed E-state index contributed by atoms with van der Waals surface area (Å²) in [5.74, 6) is 0. The zero-order valence-corrected chi connectivity index (χ0v) is 14.3. The molecule has 0 aliphatic carbocycles. The van der Waals surface area contributed by atoms with E-state index in [2.05, 4.69) is 9.97 Å². The molecule has 0 unspecified atom stereocenters. The van der Waals surface area contributed by atoms with Crippen molar-refractivity contribution in [1.82, 2.24) is 9.97 Å². The monoisotopic (exact) mass is 344 g/mol. The molecule has 2 aromatic heterocycles. The fraction of sp³-hybridized carbons (Fsp3) is 0.176. The maximum Gasteiger partial charge on any atom is 0.175 e. The van der Waals surface area contributed by atoms with Crippen LogP contribution in [0.15, 0.2) is 58.9 Å². The fourth-order valence-corrected chi connectivity index (χ4v) is 3.51. The van der Waals surface area contributed by atoms with Crippen LogP contribution in [0.4, 0.5) is 0 Å². The van der Waals surface area contributed by atoms with Crippen molar-refractivity contribution in [1.29, 1.82) is 0 Å². The Morgan fingerprint density at radius 1 is 1.04 bits per heavy atom. The van der Waals surface area contributed by atoms with Crippen molar-refractivity contribution < 1.29 is 8.42 Å². The first kappa shape index (κ1) is 15.8. The molecule has 0 aliphatic heterocycles. The SMILES string of the molecule is CS(=O)(=O)c1ccc(-c2cccc(CCc3nccs3)n2)cc1. The van der Waals surface area contributed by atoms with Gasteiger partial charge in [-0.1, -0.05) is 18.2 Å². The first-order valence-corrected chi connectivity index (χ1v) is 9.94. The van der Waals surface area contributed by atoms with E-state index in [-0.39, 0.29) is 0 Å². The predicted octanol–water partition coefficient (Wildman–Crippen LogP) is 3.39. The van der Waals surface area contributed by atoms with Crippen molar-refractivity contribution in [3.05, 3.63) is 64.7 Å². The number of hydrogen-bond acceptors (Lipinski definition) is 5. The zero-order valence-electron chi connectivity index (χ0n) is 12.6. The van der Waals surface area contributed by atoms with Gasteiger partial charge in [-0.05, 0) is 30.7 Å². The molecule has 0 saturated heterocycles. The summed E-state index contributed by atoms with van der Waals surface area (Å²) in [5.41, 5.74) is 2.76. The number of nitrogens with zero attached hydrogens (tertiary/aromatic N) is 2. The van der Waals surface area contributed by atoms with Crippen molar-refractivity contribution >= 4 is 21.2 Å². The largest absolute Gasteiger partial charge is 0.253 e. The Kier molecular flexibility index (Phi) is 4.54. The maximum atomic E-state index is 11.5. The number of thiazole rings is 1. The third kappa shape index (κ3) is 4.03. The fourth-order valence-electron chi connectivity index (χ4n) is 2.26. The summed E-state index contributed by atoms with van der Waals surface area (Å²) < 4.78 is 23.0. The molecule has 6 heteroatoms. The van der Waals surface area contributed by atoms with Crippen molar-refractivity contribution in [3.63, 3.8) is 0 Å². The quantitative estimate of drug-likeness (QED) is 0.712.